The number of nitrogens with one attached hydrogen (secondary N) is 1. The van der Waals surface area contributed by atoms with Crippen molar-refractivity contribution in [2.45, 2.75) is 33.2 Å². The molecule has 2 rings (SSSR count). The minimum absolute atomic E-state index is 0.425. The summed E-state index contributed by atoms with van der Waals surface area (Å²) < 4.78 is 11.7. The average molecular weight is 356 g/mol. The molecule has 0 amide bonds. The minimum atomic E-state index is 0.425. The van der Waals surface area contributed by atoms with Crippen molar-refractivity contribution in [2.24, 2.45) is 11.3 Å². The monoisotopic (exact) mass is 355 g/mol. The van der Waals surface area contributed by atoms with Crippen molar-refractivity contribution >= 4 is 15.9 Å². The Morgan fingerprint density at radius 1 is 1.38 bits per heavy atom. The Morgan fingerprint density at radius 2 is 2.10 bits per heavy atom. The Labute approximate surface area is 136 Å². The quantitative estimate of drug-likeness (QED) is 0.709. The van der Waals surface area contributed by atoms with Crippen LogP contribution in [0.4, 0.5) is 0 Å². The minimum Gasteiger partial charge on any atom is -0.490 e. The molecule has 21 heavy (non-hydrogen) atoms. The average Bonchev–Trinajstić information content (AvgIpc) is 3.06. The zero-order valence-electron chi connectivity index (χ0n) is 13.4. The summed E-state index contributed by atoms with van der Waals surface area (Å²) in [6, 6.07) is 6.84. The molecule has 0 spiro atoms. The van der Waals surface area contributed by atoms with Gasteiger partial charge in [0, 0.05) is 13.2 Å². The largest absolute Gasteiger partial charge is 0.490 e. The van der Waals surface area contributed by atoms with Crippen LogP contribution in [0.15, 0.2) is 22.7 Å². The SMILES string of the molecule is CCNC(c1ccc(OCCOC)c(Br)c1)C1CC1(C)C. The first-order valence-corrected chi connectivity index (χ1v) is 8.43. The third-order valence-electron chi connectivity index (χ3n) is 4.28. The van der Waals surface area contributed by atoms with Gasteiger partial charge in [0.2, 0.25) is 0 Å². The molecule has 1 aliphatic rings. The van der Waals surface area contributed by atoms with Crippen molar-refractivity contribution in [1.82, 2.24) is 5.32 Å². The molecular formula is C17H26BrNO2. The third kappa shape index (κ3) is 4.21. The highest BCUT2D eigenvalue weighted by molar-refractivity contribution is 9.10. The van der Waals surface area contributed by atoms with Crippen LogP contribution in [0.1, 0.15) is 38.8 Å². The number of hydrogen-bond donors (Lipinski definition) is 1. The first-order chi connectivity index (χ1) is 9.99. The van der Waals surface area contributed by atoms with Crippen molar-refractivity contribution in [3.8, 4) is 5.75 Å². The van der Waals surface area contributed by atoms with Gasteiger partial charge in [-0.05, 0) is 57.9 Å². The molecule has 0 bridgehead atoms. The highest BCUT2D eigenvalue weighted by atomic mass is 79.9. The molecule has 2 unspecified atom stereocenters. The van der Waals surface area contributed by atoms with Gasteiger partial charge in [0.05, 0.1) is 11.1 Å². The molecular weight excluding hydrogens is 330 g/mol. The Morgan fingerprint density at radius 3 is 2.62 bits per heavy atom. The lowest BCUT2D eigenvalue weighted by Gasteiger charge is -2.21. The van der Waals surface area contributed by atoms with E-state index < -0.39 is 0 Å². The summed E-state index contributed by atoms with van der Waals surface area (Å²) in [7, 11) is 1.68. The van der Waals surface area contributed by atoms with Crippen molar-refractivity contribution in [2.75, 3.05) is 26.9 Å². The zero-order chi connectivity index (χ0) is 15.5. The summed E-state index contributed by atoms with van der Waals surface area (Å²) in [4.78, 5) is 0. The Balaban J connectivity index is 2.09. The van der Waals surface area contributed by atoms with E-state index in [-0.39, 0.29) is 0 Å². The van der Waals surface area contributed by atoms with Gasteiger partial charge in [-0.2, -0.15) is 0 Å². The molecule has 0 heterocycles. The van der Waals surface area contributed by atoms with Gasteiger partial charge in [0.25, 0.3) is 0 Å². The van der Waals surface area contributed by atoms with E-state index in [4.69, 9.17) is 9.47 Å². The molecule has 4 heteroatoms. The lowest BCUT2D eigenvalue weighted by molar-refractivity contribution is 0.146. The first kappa shape index (κ1) is 16.8. The van der Waals surface area contributed by atoms with E-state index in [0.29, 0.717) is 30.6 Å². The molecule has 118 valence electrons. The maximum Gasteiger partial charge on any atom is 0.133 e. The van der Waals surface area contributed by atoms with Gasteiger partial charge >= 0.3 is 0 Å². The standard InChI is InChI=1S/C17H26BrNO2/c1-5-19-16(13-11-17(13,2)3)12-6-7-15(14(18)10-12)21-9-8-20-4/h6-7,10,13,16,19H,5,8-9,11H2,1-4H3. The molecule has 1 aliphatic carbocycles. The number of hydrogen-bond acceptors (Lipinski definition) is 3. The van der Waals surface area contributed by atoms with E-state index in [1.165, 1.54) is 12.0 Å². The van der Waals surface area contributed by atoms with Crippen LogP contribution in [-0.2, 0) is 4.74 Å². The van der Waals surface area contributed by atoms with Gasteiger partial charge < -0.3 is 14.8 Å². The number of methoxy groups -OCH3 is 1. The summed E-state index contributed by atoms with van der Waals surface area (Å²) in [5, 5.41) is 3.63. The number of ether oxygens (including phenoxy) is 2. The van der Waals surface area contributed by atoms with Crippen LogP contribution >= 0.6 is 15.9 Å². The molecule has 0 saturated heterocycles. The molecule has 0 radical (unpaired) electrons. The van der Waals surface area contributed by atoms with E-state index in [2.05, 4.69) is 60.2 Å². The van der Waals surface area contributed by atoms with Crippen LogP contribution in [0.25, 0.3) is 0 Å². The van der Waals surface area contributed by atoms with Crippen molar-refractivity contribution in [3.63, 3.8) is 0 Å². The van der Waals surface area contributed by atoms with Gasteiger partial charge in [-0.3, -0.25) is 0 Å². The second-order valence-electron chi connectivity index (χ2n) is 6.37. The lowest BCUT2D eigenvalue weighted by atomic mass is 9.97. The fourth-order valence-electron chi connectivity index (χ4n) is 2.85. The van der Waals surface area contributed by atoms with Crippen molar-refractivity contribution in [1.29, 1.82) is 0 Å². The van der Waals surface area contributed by atoms with E-state index in [0.717, 1.165) is 16.8 Å². The number of halogens is 1. The predicted molar refractivity (Wildman–Crippen MR) is 89.8 cm³/mol. The molecule has 1 saturated carbocycles. The topological polar surface area (TPSA) is 30.5 Å². The molecule has 1 aromatic carbocycles. The maximum atomic E-state index is 5.70. The number of benzene rings is 1. The third-order valence-corrected chi connectivity index (χ3v) is 4.90. The fourth-order valence-corrected chi connectivity index (χ4v) is 3.36. The molecule has 1 fully saturated rings. The van der Waals surface area contributed by atoms with Gasteiger partial charge in [0.1, 0.15) is 12.4 Å². The summed E-state index contributed by atoms with van der Waals surface area (Å²) in [6.07, 6.45) is 1.29. The van der Waals surface area contributed by atoms with Crippen molar-refractivity contribution < 1.29 is 9.47 Å². The van der Waals surface area contributed by atoms with Crippen LogP contribution in [0.3, 0.4) is 0 Å². The first-order valence-electron chi connectivity index (χ1n) is 7.64. The van der Waals surface area contributed by atoms with Crippen LogP contribution in [0.2, 0.25) is 0 Å². The molecule has 1 N–H and O–H groups in total. The molecule has 2 atom stereocenters. The summed E-state index contributed by atoms with van der Waals surface area (Å²) in [5.74, 6) is 1.59. The molecule has 1 aromatic rings. The van der Waals surface area contributed by atoms with Gasteiger partial charge in [0.15, 0.2) is 0 Å². The van der Waals surface area contributed by atoms with Crippen molar-refractivity contribution in [3.05, 3.63) is 28.2 Å². The Bertz CT molecular complexity index is 476. The van der Waals surface area contributed by atoms with Crippen LogP contribution < -0.4 is 10.1 Å². The van der Waals surface area contributed by atoms with Crippen LogP contribution in [0, 0.1) is 11.3 Å². The van der Waals surface area contributed by atoms with E-state index in [1.54, 1.807) is 7.11 Å². The van der Waals surface area contributed by atoms with E-state index in [9.17, 15) is 0 Å². The molecule has 0 aromatic heterocycles. The number of rotatable bonds is 8. The van der Waals surface area contributed by atoms with Gasteiger partial charge in [-0.15, -0.1) is 0 Å². The lowest BCUT2D eigenvalue weighted by Crippen LogP contribution is -2.24. The van der Waals surface area contributed by atoms with Crippen LogP contribution in [0.5, 0.6) is 5.75 Å². The smallest absolute Gasteiger partial charge is 0.133 e. The highest BCUT2D eigenvalue weighted by Crippen LogP contribution is 2.57. The van der Waals surface area contributed by atoms with E-state index in [1.807, 2.05) is 0 Å². The Hall–Kier alpha value is -0.580. The fraction of sp³-hybridized carbons (Fsp3) is 0.647. The summed E-state index contributed by atoms with van der Waals surface area (Å²) in [6.45, 7) is 9.02. The summed E-state index contributed by atoms with van der Waals surface area (Å²) in [5.41, 5.74) is 1.78. The molecule has 3 nitrogen and oxygen atoms in total. The maximum absolute atomic E-state index is 5.70. The second kappa shape index (κ2) is 7.12. The normalized spacial score (nSPS) is 21.1. The van der Waals surface area contributed by atoms with Gasteiger partial charge in [-0.1, -0.05) is 26.8 Å². The predicted octanol–water partition coefficient (Wildman–Crippen LogP) is 4.17. The zero-order valence-corrected chi connectivity index (χ0v) is 15.0. The molecule has 0 aliphatic heterocycles. The van der Waals surface area contributed by atoms with Gasteiger partial charge in [-0.25, -0.2) is 0 Å². The Kier molecular flexibility index (Phi) is 5.69. The highest BCUT2D eigenvalue weighted by Gasteiger charge is 2.50. The summed E-state index contributed by atoms with van der Waals surface area (Å²) >= 11 is 3.62. The van der Waals surface area contributed by atoms with E-state index >= 15 is 0 Å². The second-order valence-corrected chi connectivity index (χ2v) is 7.22. The van der Waals surface area contributed by atoms with Crippen LogP contribution in [-0.4, -0.2) is 26.9 Å².